The van der Waals surface area contributed by atoms with Gasteiger partial charge in [0, 0.05) is 18.4 Å². The van der Waals surface area contributed by atoms with Crippen LogP contribution >= 0.6 is 0 Å². The van der Waals surface area contributed by atoms with Gasteiger partial charge < -0.3 is 9.84 Å². The van der Waals surface area contributed by atoms with E-state index in [1.165, 1.54) is 6.92 Å². The summed E-state index contributed by atoms with van der Waals surface area (Å²) in [5, 5.41) is 7.89. The van der Waals surface area contributed by atoms with Crippen molar-refractivity contribution < 1.29 is 14.6 Å². The van der Waals surface area contributed by atoms with Gasteiger partial charge in [0.2, 0.25) is 0 Å². The highest BCUT2D eigenvalue weighted by Gasteiger charge is 2.04. The van der Waals surface area contributed by atoms with Gasteiger partial charge in [-0.05, 0) is 19.1 Å². The van der Waals surface area contributed by atoms with Crippen LogP contribution < -0.4 is 0 Å². The van der Waals surface area contributed by atoms with Crippen LogP contribution in [0.1, 0.15) is 19.8 Å². The van der Waals surface area contributed by atoms with Crippen molar-refractivity contribution in [1.82, 2.24) is 0 Å². The van der Waals surface area contributed by atoms with Crippen LogP contribution in [0.25, 0.3) is 0 Å². The van der Waals surface area contributed by atoms with E-state index in [-0.39, 0.29) is 5.57 Å². The Morgan fingerprint density at radius 3 is 1.88 bits per heavy atom. The first-order valence-corrected chi connectivity index (χ1v) is 5.37. The second-order valence-electron chi connectivity index (χ2n) is 3.72. The number of hydrogen-bond acceptors (Lipinski definition) is 2. The summed E-state index contributed by atoms with van der Waals surface area (Å²) in [6.07, 6.45) is 14.2. The van der Waals surface area contributed by atoms with E-state index in [1.807, 2.05) is 24.3 Å². The molecule has 3 nitrogen and oxygen atoms in total. The molecule has 0 saturated heterocycles. The molecule has 0 unspecified atom stereocenters. The summed E-state index contributed by atoms with van der Waals surface area (Å²) in [5.74, 6) is 1.18. The Balaban J connectivity index is 0.000000209. The van der Waals surface area contributed by atoms with Gasteiger partial charge in [0.15, 0.2) is 0 Å². The molecule has 0 saturated carbocycles. The van der Waals surface area contributed by atoms with Gasteiger partial charge in [-0.2, -0.15) is 0 Å². The molecule has 0 amide bonds. The van der Waals surface area contributed by atoms with Crippen LogP contribution in [0, 0.1) is 0 Å². The molecule has 0 radical (unpaired) electrons. The molecule has 1 N–H and O–H groups in total. The van der Waals surface area contributed by atoms with E-state index in [0.29, 0.717) is 0 Å². The number of ether oxygens (including phenoxy) is 1. The Bertz CT molecular complexity index is 383. The van der Waals surface area contributed by atoms with Gasteiger partial charge in [0.25, 0.3) is 0 Å². The first-order valence-electron chi connectivity index (χ1n) is 5.37. The van der Waals surface area contributed by atoms with E-state index in [0.717, 1.165) is 24.4 Å². The maximum atomic E-state index is 9.60. The number of aliphatic carboxylic acids is 1. The van der Waals surface area contributed by atoms with Crippen LogP contribution in [0.5, 0.6) is 0 Å². The smallest absolute Gasteiger partial charge is 0.330 e. The topological polar surface area (TPSA) is 46.5 Å². The van der Waals surface area contributed by atoms with Crippen molar-refractivity contribution in [3.05, 3.63) is 60.1 Å². The minimum absolute atomic E-state index is 0.176. The molecule has 17 heavy (non-hydrogen) atoms. The highest BCUT2D eigenvalue weighted by Crippen LogP contribution is 2.20. The average molecular weight is 232 g/mol. The van der Waals surface area contributed by atoms with E-state index in [9.17, 15) is 4.79 Å². The van der Waals surface area contributed by atoms with E-state index in [1.54, 1.807) is 0 Å². The molecular formula is C14H16O3. The van der Waals surface area contributed by atoms with Crippen LogP contribution in [-0.2, 0) is 9.53 Å². The maximum absolute atomic E-state index is 9.60. The first kappa shape index (κ1) is 13.0. The molecule has 90 valence electrons. The molecule has 0 heterocycles. The van der Waals surface area contributed by atoms with Gasteiger partial charge in [-0.1, -0.05) is 30.9 Å². The minimum Gasteiger partial charge on any atom is -0.478 e. The minimum atomic E-state index is -0.935. The molecule has 2 aliphatic rings. The number of carboxylic acids is 1. The highest BCUT2D eigenvalue weighted by atomic mass is 16.5. The molecule has 0 atom stereocenters. The predicted octanol–water partition coefficient (Wildman–Crippen LogP) is 3.34. The fourth-order valence-corrected chi connectivity index (χ4v) is 1.17. The Morgan fingerprint density at radius 2 is 1.65 bits per heavy atom. The normalized spacial score (nSPS) is 15.8. The Hall–Kier alpha value is -2.03. The van der Waals surface area contributed by atoms with Gasteiger partial charge in [-0.3, -0.25) is 0 Å². The third-order valence-electron chi connectivity index (χ3n) is 2.10. The zero-order chi connectivity index (χ0) is 12.7. The van der Waals surface area contributed by atoms with Gasteiger partial charge in [-0.15, -0.1) is 0 Å². The Morgan fingerprint density at radius 1 is 1.24 bits per heavy atom. The Kier molecular flexibility index (Phi) is 5.01. The monoisotopic (exact) mass is 232 g/mol. The van der Waals surface area contributed by atoms with E-state index in [2.05, 4.69) is 18.7 Å². The lowest BCUT2D eigenvalue weighted by Gasteiger charge is -2.05. The van der Waals surface area contributed by atoms with Gasteiger partial charge in [0.1, 0.15) is 11.5 Å². The van der Waals surface area contributed by atoms with E-state index in [4.69, 9.17) is 9.84 Å². The lowest BCUT2D eigenvalue weighted by molar-refractivity contribution is -0.132. The van der Waals surface area contributed by atoms with E-state index < -0.39 is 5.97 Å². The van der Waals surface area contributed by atoms with Crippen molar-refractivity contribution >= 4 is 5.97 Å². The fraction of sp³-hybridized carbons (Fsp3) is 0.214. The van der Waals surface area contributed by atoms with Gasteiger partial charge >= 0.3 is 5.97 Å². The summed E-state index contributed by atoms with van der Waals surface area (Å²) in [4.78, 5) is 9.60. The highest BCUT2D eigenvalue weighted by molar-refractivity contribution is 5.84. The molecule has 0 aromatic rings. The average Bonchev–Trinajstić information content (AvgIpc) is 2.92. The van der Waals surface area contributed by atoms with Crippen LogP contribution in [0.2, 0.25) is 0 Å². The molecule has 0 aromatic heterocycles. The van der Waals surface area contributed by atoms with Crippen LogP contribution in [0.4, 0.5) is 0 Å². The zero-order valence-corrected chi connectivity index (χ0v) is 9.85. The third kappa shape index (κ3) is 5.02. The molecular weight excluding hydrogens is 216 g/mol. The number of carboxylic acid groups (broad SMARTS) is 1. The van der Waals surface area contributed by atoms with Crippen molar-refractivity contribution in [2.24, 2.45) is 0 Å². The molecule has 2 rings (SSSR count). The van der Waals surface area contributed by atoms with Gasteiger partial charge in [0.05, 0.1) is 0 Å². The summed E-state index contributed by atoms with van der Waals surface area (Å²) < 4.78 is 5.57. The van der Waals surface area contributed by atoms with Crippen molar-refractivity contribution in [1.29, 1.82) is 0 Å². The van der Waals surface area contributed by atoms with Crippen molar-refractivity contribution in [3.63, 3.8) is 0 Å². The predicted molar refractivity (Wildman–Crippen MR) is 67.2 cm³/mol. The fourth-order valence-electron chi connectivity index (χ4n) is 1.17. The Labute approximate surface area is 101 Å². The first-order chi connectivity index (χ1) is 8.09. The molecule has 3 heteroatoms. The molecule has 0 aromatic carbocycles. The number of hydrogen-bond donors (Lipinski definition) is 1. The number of rotatable bonds is 3. The summed E-state index contributed by atoms with van der Waals surface area (Å²) in [5.41, 5.74) is 0.176. The number of allylic oxidation sites excluding steroid dienone is 6. The molecule has 2 aliphatic carbocycles. The van der Waals surface area contributed by atoms with Crippen molar-refractivity contribution in [3.8, 4) is 0 Å². The molecule has 0 aliphatic heterocycles. The molecule has 0 spiro atoms. The second-order valence-corrected chi connectivity index (χ2v) is 3.72. The largest absolute Gasteiger partial charge is 0.478 e. The van der Waals surface area contributed by atoms with Crippen molar-refractivity contribution in [2.45, 2.75) is 19.8 Å². The third-order valence-corrected chi connectivity index (χ3v) is 2.10. The summed E-state index contributed by atoms with van der Waals surface area (Å²) >= 11 is 0. The van der Waals surface area contributed by atoms with Crippen molar-refractivity contribution in [2.75, 3.05) is 0 Å². The quantitative estimate of drug-likeness (QED) is 0.759. The summed E-state index contributed by atoms with van der Waals surface area (Å²) in [7, 11) is 0. The molecule has 0 bridgehead atoms. The number of carbonyl (C=O) groups is 1. The maximum Gasteiger partial charge on any atom is 0.330 e. The molecule has 0 fully saturated rings. The second kappa shape index (κ2) is 6.53. The lowest BCUT2D eigenvalue weighted by Crippen LogP contribution is -1.92. The van der Waals surface area contributed by atoms with Crippen LogP contribution in [0.3, 0.4) is 0 Å². The van der Waals surface area contributed by atoms with E-state index >= 15 is 0 Å². The van der Waals surface area contributed by atoms with Crippen LogP contribution in [-0.4, -0.2) is 11.1 Å². The van der Waals surface area contributed by atoms with Gasteiger partial charge in [-0.25, -0.2) is 4.79 Å². The standard InChI is InChI=1S/C10H10O.C4H6O2/c1-2-6-9(5-1)11-10-7-3-4-8-10;1-3(2)4(5)6/h1-5,7H,6,8H2;1H2,2H3,(H,5,6). The SMILES string of the molecule is C1=CCC(OC2=CC=CC2)=C1.C=C(C)C(=O)O. The summed E-state index contributed by atoms with van der Waals surface area (Å²) in [6.45, 7) is 4.60. The lowest BCUT2D eigenvalue weighted by atomic mass is 10.4. The zero-order valence-electron chi connectivity index (χ0n) is 9.85. The summed E-state index contributed by atoms with van der Waals surface area (Å²) in [6, 6.07) is 0. The van der Waals surface area contributed by atoms with Crippen LogP contribution in [0.15, 0.2) is 60.1 Å².